The first-order chi connectivity index (χ1) is 12.6. The van der Waals surface area contributed by atoms with Crippen LogP contribution in [0.15, 0.2) is 18.3 Å². The average Bonchev–Trinajstić information content (AvgIpc) is 2.70. The van der Waals surface area contributed by atoms with Gasteiger partial charge in [-0.1, -0.05) is 13.3 Å². The van der Waals surface area contributed by atoms with Gasteiger partial charge in [-0.05, 0) is 25.0 Å². The molecule has 0 bridgehead atoms. The summed E-state index contributed by atoms with van der Waals surface area (Å²) in [7, 11) is 0. The molecule has 0 saturated carbocycles. The van der Waals surface area contributed by atoms with Crippen molar-refractivity contribution < 1.29 is 19.7 Å². The highest BCUT2D eigenvalue weighted by Gasteiger charge is 2.42. The summed E-state index contributed by atoms with van der Waals surface area (Å²) in [4.78, 5) is 21.0. The second kappa shape index (κ2) is 8.33. The van der Waals surface area contributed by atoms with E-state index >= 15 is 0 Å². The molecule has 2 N–H and O–H groups in total. The van der Waals surface area contributed by atoms with Crippen LogP contribution in [0.25, 0.3) is 0 Å². The van der Waals surface area contributed by atoms with Gasteiger partial charge in [-0.25, -0.2) is 4.98 Å². The fourth-order valence-electron chi connectivity index (χ4n) is 3.93. The van der Waals surface area contributed by atoms with E-state index in [1.165, 1.54) is 0 Å². The Kier molecular flexibility index (Phi) is 6.11. The highest BCUT2D eigenvalue weighted by Crippen LogP contribution is 2.36. The molecule has 0 aromatic carbocycles. The third-order valence-electron chi connectivity index (χ3n) is 5.66. The Bertz CT molecular complexity index is 603. The molecule has 1 amide bonds. The van der Waals surface area contributed by atoms with Crippen LogP contribution in [0.4, 0.5) is 5.82 Å². The summed E-state index contributed by atoms with van der Waals surface area (Å²) in [5.74, 6) is 0.735. The number of aromatic nitrogens is 1. The summed E-state index contributed by atoms with van der Waals surface area (Å²) in [5, 5.41) is 20.3. The first-order valence-electron chi connectivity index (χ1n) is 9.46. The van der Waals surface area contributed by atoms with Crippen LogP contribution in [-0.4, -0.2) is 78.1 Å². The van der Waals surface area contributed by atoms with Gasteiger partial charge in [-0.2, -0.15) is 0 Å². The zero-order valence-corrected chi connectivity index (χ0v) is 15.4. The quantitative estimate of drug-likeness (QED) is 0.809. The number of likely N-dealkylation sites (tertiary alicyclic amines) is 1. The molecular formula is C19H29N3O4. The smallest absolute Gasteiger partial charge is 0.255 e. The van der Waals surface area contributed by atoms with Crippen LogP contribution in [0.2, 0.25) is 0 Å². The van der Waals surface area contributed by atoms with Crippen molar-refractivity contribution in [3.8, 4) is 0 Å². The molecular weight excluding hydrogens is 334 g/mol. The van der Waals surface area contributed by atoms with Gasteiger partial charge < -0.3 is 24.7 Å². The maximum absolute atomic E-state index is 12.8. The number of rotatable bonds is 5. The molecule has 0 radical (unpaired) electrons. The van der Waals surface area contributed by atoms with Crippen LogP contribution in [0.5, 0.6) is 0 Å². The monoisotopic (exact) mass is 363 g/mol. The summed E-state index contributed by atoms with van der Waals surface area (Å²) < 4.78 is 5.34. The van der Waals surface area contributed by atoms with Gasteiger partial charge in [0.25, 0.3) is 5.91 Å². The number of aliphatic hydroxyl groups excluding tert-OH is 2. The fraction of sp³-hybridized carbons (Fsp3) is 0.684. The van der Waals surface area contributed by atoms with Gasteiger partial charge in [0.2, 0.25) is 0 Å². The molecule has 7 nitrogen and oxygen atoms in total. The Hall–Kier alpha value is -1.70. The summed E-state index contributed by atoms with van der Waals surface area (Å²) in [6, 6.07) is 3.67. The van der Waals surface area contributed by atoms with E-state index in [1.54, 1.807) is 17.2 Å². The molecule has 3 heterocycles. The second-order valence-electron chi connectivity index (χ2n) is 7.29. The Balaban J connectivity index is 1.64. The second-order valence-corrected chi connectivity index (χ2v) is 7.29. The summed E-state index contributed by atoms with van der Waals surface area (Å²) in [6.07, 6.45) is 3.19. The minimum atomic E-state index is -0.703. The lowest BCUT2D eigenvalue weighted by Crippen LogP contribution is -2.54. The van der Waals surface area contributed by atoms with E-state index < -0.39 is 11.5 Å². The molecule has 2 saturated heterocycles. The number of nitrogens with zero attached hydrogens (tertiary/aromatic N) is 3. The molecule has 144 valence electrons. The molecule has 26 heavy (non-hydrogen) atoms. The summed E-state index contributed by atoms with van der Waals surface area (Å²) in [6.45, 7) is 5.80. The van der Waals surface area contributed by atoms with Crippen molar-refractivity contribution in [1.82, 2.24) is 9.88 Å². The van der Waals surface area contributed by atoms with Gasteiger partial charge in [0, 0.05) is 37.8 Å². The third kappa shape index (κ3) is 3.84. The van der Waals surface area contributed by atoms with Crippen LogP contribution in [0.1, 0.15) is 36.5 Å². The van der Waals surface area contributed by atoms with Crippen molar-refractivity contribution in [3.05, 3.63) is 23.9 Å². The Morgan fingerprint density at radius 3 is 2.69 bits per heavy atom. The van der Waals surface area contributed by atoms with Crippen LogP contribution in [0, 0.1) is 5.41 Å². The van der Waals surface area contributed by atoms with Crippen molar-refractivity contribution in [1.29, 1.82) is 0 Å². The molecule has 2 atom stereocenters. The first kappa shape index (κ1) is 19.1. The maximum Gasteiger partial charge on any atom is 0.255 e. The molecule has 2 fully saturated rings. The van der Waals surface area contributed by atoms with E-state index in [2.05, 4.69) is 9.88 Å². The lowest BCUT2D eigenvalue weighted by molar-refractivity contribution is -0.0713. The van der Waals surface area contributed by atoms with Crippen molar-refractivity contribution in [2.45, 2.75) is 32.3 Å². The summed E-state index contributed by atoms with van der Waals surface area (Å²) >= 11 is 0. The number of aliphatic hydroxyl groups is 2. The first-order valence-corrected chi connectivity index (χ1v) is 9.46. The third-order valence-corrected chi connectivity index (χ3v) is 5.66. The van der Waals surface area contributed by atoms with E-state index in [-0.39, 0.29) is 19.1 Å². The predicted octanol–water partition coefficient (Wildman–Crippen LogP) is 0.904. The van der Waals surface area contributed by atoms with E-state index in [0.29, 0.717) is 31.7 Å². The van der Waals surface area contributed by atoms with Gasteiger partial charge in [-0.15, -0.1) is 0 Å². The van der Waals surface area contributed by atoms with Crippen LogP contribution < -0.4 is 4.90 Å². The van der Waals surface area contributed by atoms with Gasteiger partial charge in [0.15, 0.2) is 0 Å². The molecule has 7 heteroatoms. The lowest BCUT2D eigenvalue weighted by Gasteiger charge is -2.44. The normalized spacial score (nSPS) is 26.8. The highest BCUT2D eigenvalue weighted by atomic mass is 16.5. The van der Waals surface area contributed by atoms with E-state index in [4.69, 9.17) is 4.74 Å². The van der Waals surface area contributed by atoms with Crippen molar-refractivity contribution in [3.63, 3.8) is 0 Å². The molecule has 2 aliphatic heterocycles. The van der Waals surface area contributed by atoms with Crippen molar-refractivity contribution in [2.24, 2.45) is 5.41 Å². The summed E-state index contributed by atoms with van der Waals surface area (Å²) in [5.41, 5.74) is 0.0467. The largest absolute Gasteiger partial charge is 0.396 e. The molecule has 0 unspecified atom stereocenters. The maximum atomic E-state index is 12.8. The predicted molar refractivity (Wildman–Crippen MR) is 98.2 cm³/mol. The number of carbonyl (C=O) groups excluding carboxylic acids is 1. The number of anilines is 1. The van der Waals surface area contributed by atoms with Crippen LogP contribution in [0.3, 0.4) is 0 Å². The number of hydrogen-bond acceptors (Lipinski definition) is 6. The van der Waals surface area contributed by atoms with Crippen LogP contribution >= 0.6 is 0 Å². The number of β-amino-alcohol motifs (C(OH)–C–C–N with tert-alkyl or cyclic N) is 1. The number of ether oxygens (including phenoxy) is 1. The molecule has 1 aromatic rings. The zero-order chi connectivity index (χ0) is 18.6. The number of carbonyl (C=O) groups is 1. The van der Waals surface area contributed by atoms with Gasteiger partial charge in [0.05, 0.1) is 31.5 Å². The minimum Gasteiger partial charge on any atom is -0.396 e. The van der Waals surface area contributed by atoms with E-state index in [1.807, 2.05) is 13.0 Å². The van der Waals surface area contributed by atoms with E-state index in [9.17, 15) is 15.0 Å². The molecule has 2 aliphatic rings. The Labute approximate surface area is 154 Å². The van der Waals surface area contributed by atoms with E-state index in [0.717, 1.165) is 31.7 Å². The number of morpholine rings is 1. The molecule has 3 rings (SSSR count). The Morgan fingerprint density at radius 1 is 1.35 bits per heavy atom. The Morgan fingerprint density at radius 2 is 2.12 bits per heavy atom. The fourth-order valence-corrected chi connectivity index (χ4v) is 3.93. The minimum absolute atomic E-state index is 0.0418. The average molecular weight is 363 g/mol. The highest BCUT2D eigenvalue weighted by molar-refractivity contribution is 5.94. The molecule has 1 aromatic heterocycles. The number of amides is 1. The van der Waals surface area contributed by atoms with Gasteiger partial charge in [0.1, 0.15) is 5.82 Å². The van der Waals surface area contributed by atoms with Crippen molar-refractivity contribution in [2.75, 3.05) is 50.9 Å². The number of hydrogen-bond donors (Lipinski definition) is 2. The standard InChI is InChI=1S/C19H29N3O4/c1-2-5-19(14-23)6-7-22(13-16(19)24)18(25)15-3-4-17(20-12-15)21-8-10-26-11-9-21/h3-4,12,16,23-24H,2,5-11,13-14H2,1H3/t16-,19-/m1/s1. The molecule has 0 spiro atoms. The number of piperidine rings is 1. The van der Waals surface area contributed by atoms with Gasteiger partial charge in [-0.3, -0.25) is 4.79 Å². The number of pyridine rings is 1. The topological polar surface area (TPSA) is 86.1 Å². The lowest BCUT2D eigenvalue weighted by atomic mass is 9.73. The molecule has 0 aliphatic carbocycles. The van der Waals surface area contributed by atoms with Crippen molar-refractivity contribution >= 4 is 11.7 Å². The SMILES string of the molecule is CCC[C@]1(CO)CCN(C(=O)c2ccc(N3CCOCC3)nc2)C[C@H]1O. The van der Waals surface area contributed by atoms with Gasteiger partial charge >= 0.3 is 0 Å². The zero-order valence-electron chi connectivity index (χ0n) is 15.4. The van der Waals surface area contributed by atoms with Crippen LogP contribution in [-0.2, 0) is 4.74 Å².